The highest BCUT2D eigenvalue weighted by atomic mass is 35.5. The Balaban J connectivity index is 2.13. The molecule has 0 fully saturated rings. The van der Waals surface area contributed by atoms with Crippen LogP contribution in [0.5, 0.6) is 5.75 Å². The lowest BCUT2D eigenvalue weighted by Crippen LogP contribution is -2.20. The molecule has 1 unspecified atom stereocenters. The number of hydrogen-bond acceptors (Lipinski definition) is 2. The molecule has 1 N–H and O–H groups in total. The average Bonchev–Trinajstić information content (AvgIpc) is 2.45. The number of benzene rings is 2. The first-order valence-electron chi connectivity index (χ1n) is 6.42. The molecule has 0 radical (unpaired) electrons. The van der Waals surface area contributed by atoms with Gasteiger partial charge in [-0.15, -0.1) is 0 Å². The molecule has 2 rings (SSSR count). The maximum absolute atomic E-state index is 13.9. The summed E-state index contributed by atoms with van der Waals surface area (Å²) in [5, 5.41) is 3.97. The minimum Gasteiger partial charge on any atom is -0.496 e. The van der Waals surface area contributed by atoms with Crippen molar-refractivity contribution in [3.8, 4) is 5.75 Å². The Morgan fingerprint density at radius 2 is 1.95 bits per heavy atom. The molecule has 0 saturated heterocycles. The molecule has 20 heavy (non-hydrogen) atoms. The fourth-order valence-corrected chi connectivity index (χ4v) is 2.32. The van der Waals surface area contributed by atoms with Gasteiger partial charge in [-0.2, -0.15) is 0 Å². The molecule has 0 aromatic heterocycles. The topological polar surface area (TPSA) is 21.3 Å². The van der Waals surface area contributed by atoms with Crippen molar-refractivity contribution in [2.45, 2.75) is 19.5 Å². The van der Waals surface area contributed by atoms with Crippen LogP contribution in [0.1, 0.15) is 24.1 Å². The molecule has 2 nitrogen and oxygen atoms in total. The third kappa shape index (κ3) is 3.30. The molecule has 0 heterocycles. The van der Waals surface area contributed by atoms with Gasteiger partial charge in [0.1, 0.15) is 11.6 Å². The second kappa shape index (κ2) is 6.73. The summed E-state index contributed by atoms with van der Waals surface area (Å²) >= 11 is 6.10. The van der Waals surface area contributed by atoms with E-state index in [1.165, 1.54) is 6.07 Å². The molecule has 2 aromatic carbocycles. The molecular formula is C16H17ClFNO. The third-order valence-electron chi connectivity index (χ3n) is 3.22. The summed E-state index contributed by atoms with van der Waals surface area (Å²) in [7, 11) is 1.54. The van der Waals surface area contributed by atoms with Crippen LogP contribution in [0, 0.1) is 5.82 Å². The number of halogens is 2. The van der Waals surface area contributed by atoms with Crippen LogP contribution in [0.2, 0.25) is 5.02 Å². The summed E-state index contributed by atoms with van der Waals surface area (Å²) in [6, 6.07) is 12.2. The van der Waals surface area contributed by atoms with E-state index in [0.717, 1.165) is 5.56 Å². The van der Waals surface area contributed by atoms with Gasteiger partial charge in [-0.3, -0.25) is 0 Å². The minimum atomic E-state index is -0.275. The van der Waals surface area contributed by atoms with E-state index in [9.17, 15) is 4.39 Å². The molecule has 0 aliphatic carbocycles. The number of rotatable bonds is 5. The van der Waals surface area contributed by atoms with Gasteiger partial charge in [0.25, 0.3) is 0 Å². The Kier molecular flexibility index (Phi) is 4.99. The molecule has 4 heteroatoms. The van der Waals surface area contributed by atoms with Gasteiger partial charge < -0.3 is 10.1 Å². The van der Waals surface area contributed by atoms with E-state index >= 15 is 0 Å². The minimum absolute atomic E-state index is 0.178. The number of methoxy groups -OCH3 is 1. The molecule has 0 bridgehead atoms. The molecule has 1 atom stereocenters. The smallest absolute Gasteiger partial charge is 0.131 e. The zero-order chi connectivity index (χ0) is 14.5. The molecule has 0 saturated carbocycles. The predicted molar refractivity (Wildman–Crippen MR) is 79.7 cm³/mol. The van der Waals surface area contributed by atoms with E-state index in [4.69, 9.17) is 16.3 Å². The van der Waals surface area contributed by atoms with Gasteiger partial charge in [-0.1, -0.05) is 35.9 Å². The quantitative estimate of drug-likeness (QED) is 0.885. The lowest BCUT2D eigenvalue weighted by atomic mass is 10.1. The van der Waals surface area contributed by atoms with E-state index in [-0.39, 0.29) is 11.9 Å². The maximum Gasteiger partial charge on any atom is 0.131 e. The van der Waals surface area contributed by atoms with E-state index in [1.807, 2.05) is 31.2 Å². The third-order valence-corrected chi connectivity index (χ3v) is 3.59. The maximum atomic E-state index is 13.9. The lowest BCUT2D eigenvalue weighted by Gasteiger charge is -2.18. The number of nitrogens with one attached hydrogen (secondary N) is 1. The zero-order valence-corrected chi connectivity index (χ0v) is 12.2. The number of hydrogen-bond donors (Lipinski definition) is 1. The van der Waals surface area contributed by atoms with Gasteiger partial charge in [0, 0.05) is 23.2 Å². The van der Waals surface area contributed by atoms with Crippen molar-refractivity contribution in [2.24, 2.45) is 0 Å². The van der Waals surface area contributed by atoms with Crippen LogP contribution in [0.3, 0.4) is 0 Å². The second-order valence-electron chi connectivity index (χ2n) is 4.55. The van der Waals surface area contributed by atoms with Gasteiger partial charge in [-0.25, -0.2) is 4.39 Å². The fraction of sp³-hybridized carbons (Fsp3) is 0.250. The van der Waals surface area contributed by atoms with Gasteiger partial charge in [0.05, 0.1) is 7.11 Å². The Labute approximate surface area is 123 Å². The van der Waals surface area contributed by atoms with Crippen molar-refractivity contribution in [1.29, 1.82) is 0 Å². The molecule has 0 amide bonds. The monoisotopic (exact) mass is 293 g/mol. The van der Waals surface area contributed by atoms with Gasteiger partial charge >= 0.3 is 0 Å². The summed E-state index contributed by atoms with van der Waals surface area (Å²) in [5.41, 5.74) is 1.51. The summed E-state index contributed by atoms with van der Waals surface area (Å²) in [4.78, 5) is 0. The molecule has 106 valence electrons. The van der Waals surface area contributed by atoms with E-state index < -0.39 is 0 Å². The molecule has 0 aliphatic heterocycles. The second-order valence-corrected chi connectivity index (χ2v) is 4.96. The van der Waals surface area contributed by atoms with Crippen molar-refractivity contribution in [2.75, 3.05) is 7.11 Å². The SMILES string of the molecule is COc1cccc(F)c1C(C)NCc1ccccc1Cl. The van der Waals surface area contributed by atoms with Crippen molar-refractivity contribution < 1.29 is 9.13 Å². The van der Waals surface area contributed by atoms with Crippen LogP contribution < -0.4 is 10.1 Å². The van der Waals surface area contributed by atoms with Crippen molar-refractivity contribution in [1.82, 2.24) is 5.32 Å². The summed E-state index contributed by atoms with van der Waals surface area (Å²) in [5.74, 6) is 0.271. The summed E-state index contributed by atoms with van der Waals surface area (Å²) in [6.07, 6.45) is 0. The van der Waals surface area contributed by atoms with Crippen LogP contribution >= 0.6 is 11.6 Å². The van der Waals surface area contributed by atoms with Crippen LogP contribution in [0.4, 0.5) is 4.39 Å². The van der Waals surface area contributed by atoms with Crippen LogP contribution in [-0.2, 0) is 6.54 Å². The Hall–Kier alpha value is -1.58. The molecular weight excluding hydrogens is 277 g/mol. The first-order valence-corrected chi connectivity index (χ1v) is 6.80. The largest absolute Gasteiger partial charge is 0.496 e. The van der Waals surface area contributed by atoms with E-state index in [2.05, 4.69) is 5.32 Å². The first kappa shape index (κ1) is 14.8. The Bertz CT molecular complexity index is 588. The fourth-order valence-electron chi connectivity index (χ4n) is 2.12. The normalized spacial score (nSPS) is 12.2. The highest BCUT2D eigenvalue weighted by Crippen LogP contribution is 2.28. The summed E-state index contributed by atoms with van der Waals surface area (Å²) < 4.78 is 19.2. The van der Waals surface area contributed by atoms with Gasteiger partial charge in [0.15, 0.2) is 0 Å². The van der Waals surface area contributed by atoms with Crippen LogP contribution in [0.15, 0.2) is 42.5 Å². The highest BCUT2D eigenvalue weighted by Gasteiger charge is 2.16. The Morgan fingerprint density at radius 3 is 2.65 bits per heavy atom. The standard InChI is InChI=1S/C16H17ClFNO/c1-11(16-14(18)8-5-9-15(16)20-2)19-10-12-6-3-4-7-13(12)17/h3-9,11,19H,10H2,1-2H3. The lowest BCUT2D eigenvalue weighted by molar-refractivity contribution is 0.393. The Morgan fingerprint density at radius 1 is 1.20 bits per heavy atom. The van der Waals surface area contributed by atoms with Crippen molar-refractivity contribution in [3.05, 3.63) is 64.4 Å². The van der Waals surface area contributed by atoms with Crippen molar-refractivity contribution >= 4 is 11.6 Å². The van der Waals surface area contributed by atoms with E-state index in [1.54, 1.807) is 19.2 Å². The van der Waals surface area contributed by atoms with Crippen molar-refractivity contribution in [3.63, 3.8) is 0 Å². The summed E-state index contributed by atoms with van der Waals surface area (Å²) in [6.45, 7) is 2.47. The van der Waals surface area contributed by atoms with Crippen LogP contribution in [0.25, 0.3) is 0 Å². The predicted octanol–water partition coefficient (Wildman–Crippen LogP) is 4.34. The molecule has 2 aromatic rings. The van der Waals surface area contributed by atoms with Crippen LogP contribution in [-0.4, -0.2) is 7.11 Å². The first-order chi connectivity index (χ1) is 9.63. The van der Waals surface area contributed by atoms with Gasteiger partial charge in [0.2, 0.25) is 0 Å². The van der Waals surface area contributed by atoms with Gasteiger partial charge in [-0.05, 0) is 30.7 Å². The van der Waals surface area contributed by atoms with E-state index in [0.29, 0.717) is 22.9 Å². The zero-order valence-electron chi connectivity index (χ0n) is 11.5. The average molecular weight is 294 g/mol. The number of ether oxygens (including phenoxy) is 1. The molecule has 0 aliphatic rings. The molecule has 0 spiro atoms. The highest BCUT2D eigenvalue weighted by molar-refractivity contribution is 6.31.